The maximum Gasteiger partial charge on any atom is 0.253 e. The zero-order valence-corrected chi connectivity index (χ0v) is 9.61. The van der Waals surface area contributed by atoms with Crippen LogP contribution in [0.4, 0.5) is 0 Å². The molecule has 1 saturated carbocycles. The van der Waals surface area contributed by atoms with E-state index in [0.717, 1.165) is 19.0 Å². The predicted molar refractivity (Wildman–Crippen MR) is 57.8 cm³/mol. The van der Waals surface area contributed by atoms with Gasteiger partial charge < -0.3 is 10.5 Å². The summed E-state index contributed by atoms with van der Waals surface area (Å²) in [4.78, 5) is 14.6. The van der Waals surface area contributed by atoms with Crippen LogP contribution in [0, 0.1) is 0 Å². The molecule has 0 unspecified atom stereocenters. The molecule has 1 aliphatic carbocycles. The van der Waals surface area contributed by atoms with Crippen LogP contribution in [0.1, 0.15) is 23.2 Å². The van der Waals surface area contributed by atoms with Crippen molar-refractivity contribution in [3.05, 3.63) is 18.0 Å². The number of rotatable bonds is 4. The minimum atomic E-state index is -4.06. The maximum absolute atomic E-state index is 11.3. The lowest BCUT2D eigenvalue weighted by Crippen LogP contribution is -2.22. The molecule has 4 N–H and O–H groups in total. The molecule has 0 saturated heterocycles. The Kier molecular flexibility index (Phi) is 2.76. The second kappa shape index (κ2) is 3.97. The fourth-order valence-corrected chi connectivity index (χ4v) is 2.03. The Labute approximate surface area is 97.8 Å². The molecular weight excluding hydrogens is 246 g/mol. The number of pyridine rings is 1. The van der Waals surface area contributed by atoms with Crippen molar-refractivity contribution >= 4 is 15.9 Å². The molecule has 1 aromatic heterocycles. The van der Waals surface area contributed by atoms with Crippen LogP contribution in [-0.4, -0.2) is 25.4 Å². The number of carbonyl (C=O) groups is 1. The second-order valence-corrected chi connectivity index (χ2v) is 5.27. The number of primary sulfonamides is 1. The predicted octanol–water partition coefficient (Wildman–Crippen LogP) is -0.631. The summed E-state index contributed by atoms with van der Waals surface area (Å²) in [7, 11) is -4.06. The number of primary amides is 1. The van der Waals surface area contributed by atoms with Crippen LogP contribution in [0.3, 0.4) is 0 Å². The summed E-state index contributed by atoms with van der Waals surface area (Å²) in [6.07, 6.45) is 3.95. The number of hydrogen-bond acceptors (Lipinski definition) is 5. The standard InChI is InChI=1S/C9H11N3O4S/c10-9(13)8-6(16-5-1-2-5)3-12-4-7(8)17(11,14)15/h3-5H,1-2H2,(H2,10,13)(H2,11,14,15). The SMILES string of the molecule is NC(=O)c1c(OC2CC2)cncc1S(N)(=O)=O. The van der Waals surface area contributed by atoms with Crippen LogP contribution in [0.15, 0.2) is 17.3 Å². The molecular formula is C9H11N3O4S. The molecule has 0 radical (unpaired) electrons. The van der Waals surface area contributed by atoms with E-state index in [9.17, 15) is 13.2 Å². The van der Waals surface area contributed by atoms with Crippen molar-refractivity contribution in [2.24, 2.45) is 10.9 Å². The van der Waals surface area contributed by atoms with Gasteiger partial charge in [0.1, 0.15) is 10.5 Å². The van der Waals surface area contributed by atoms with Gasteiger partial charge in [0.15, 0.2) is 5.75 Å². The van der Waals surface area contributed by atoms with Gasteiger partial charge in [-0.3, -0.25) is 9.78 Å². The topological polar surface area (TPSA) is 125 Å². The molecule has 7 nitrogen and oxygen atoms in total. The monoisotopic (exact) mass is 257 g/mol. The fourth-order valence-electron chi connectivity index (χ4n) is 1.34. The van der Waals surface area contributed by atoms with Crippen LogP contribution in [0.2, 0.25) is 0 Å². The third-order valence-electron chi connectivity index (χ3n) is 2.25. The zero-order chi connectivity index (χ0) is 12.6. The third kappa shape index (κ3) is 2.53. The van der Waals surface area contributed by atoms with Gasteiger partial charge in [-0.1, -0.05) is 0 Å². The highest BCUT2D eigenvalue weighted by Gasteiger charge is 2.28. The summed E-state index contributed by atoms with van der Waals surface area (Å²) in [6.45, 7) is 0. The van der Waals surface area contributed by atoms with E-state index in [1.165, 1.54) is 6.20 Å². The first kappa shape index (κ1) is 11.8. The maximum atomic E-state index is 11.3. The summed E-state index contributed by atoms with van der Waals surface area (Å²) in [5.74, 6) is -0.849. The first-order chi connectivity index (χ1) is 7.89. The molecule has 1 fully saturated rings. The molecule has 8 heteroatoms. The summed E-state index contributed by atoms with van der Waals surface area (Å²) in [6, 6.07) is 0. The van der Waals surface area contributed by atoms with Crippen molar-refractivity contribution in [2.45, 2.75) is 23.8 Å². The molecule has 92 valence electrons. The van der Waals surface area contributed by atoms with Crippen molar-refractivity contribution in [1.29, 1.82) is 0 Å². The normalized spacial score (nSPS) is 15.6. The number of nitrogens with zero attached hydrogens (tertiary/aromatic N) is 1. The van der Waals surface area contributed by atoms with Crippen LogP contribution >= 0.6 is 0 Å². The summed E-state index contributed by atoms with van der Waals surface area (Å²) < 4.78 is 27.9. The molecule has 0 spiro atoms. The van der Waals surface area contributed by atoms with E-state index in [2.05, 4.69) is 4.98 Å². The number of aromatic nitrogens is 1. The Morgan fingerprint density at radius 3 is 2.53 bits per heavy atom. The Hall–Kier alpha value is -1.67. The lowest BCUT2D eigenvalue weighted by molar-refractivity contribution is 0.0992. The average molecular weight is 257 g/mol. The van der Waals surface area contributed by atoms with E-state index in [1.54, 1.807) is 0 Å². The highest BCUT2D eigenvalue weighted by Crippen LogP contribution is 2.30. The van der Waals surface area contributed by atoms with Gasteiger partial charge in [-0.05, 0) is 12.8 Å². The first-order valence-corrected chi connectivity index (χ1v) is 6.41. The molecule has 2 rings (SSSR count). The van der Waals surface area contributed by atoms with Crippen molar-refractivity contribution in [1.82, 2.24) is 4.98 Å². The summed E-state index contributed by atoms with van der Waals surface area (Å²) in [5, 5.41) is 4.98. The smallest absolute Gasteiger partial charge is 0.253 e. The van der Waals surface area contributed by atoms with Crippen LogP contribution in [0.25, 0.3) is 0 Å². The Morgan fingerprint density at radius 2 is 2.06 bits per heavy atom. The minimum absolute atomic E-state index is 0.00868. The van der Waals surface area contributed by atoms with Gasteiger partial charge in [0.25, 0.3) is 5.91 Å². The fraction of sp³-hybridized carbons (Fsp3) is 0.333. The summed E-state index contributed by atoms with van der Waals surface area (Å²) >= 11 is 0. The van der Waals surface area contributed by atoms with Crippen molar-refractivity contribution < 1.29 is 17.9 Å². The van der Waals surface area contributed by atoms with Crippen molar-refractivity contribution in [3.63, 3.8) is 0 Å². The van der Waals surface area contributed by atoms with Gasteiger partial charge in [-0.15, -0.1) is 0 Å². The molecule has 1 heterocycles. The third-order valence-corrected chi connectivity index (χ3v) is 3.17. The first-order valence-electron chi connectivity index (χ1n) is 4.87. The minimum Gasteiger partial charge on any atom is -0.488 e. The van der Waals surface area contributed by atoms with Crippen molar-refractivity contribution in [2.75, 3.05) is 0 Å². The quantitative estimate of drug-likeness (QED) is 0.742. The molecule has 0 bridgehead atoms. The van der Waals surface area contributed by atoms with E-state index in [-0.39, 0.29) is 17.4 Å². The number of ether oxygens (including phenoxy) is 1. The van der Waals surface area contributed by atoms with E-state index in [1.807, 2.05) is 0 Å². The Balaban J connectivity index is 2.55. The molecule has 1 aromatic rings. The van der Waals surface area contributed by atoms with Crippen LogP contribution in [0.5, 0.6) is 5.75 Å². The lowest BCUT2D eigenvalue weighted by atomic mass is 10.2. The van der Waals surface area contributed by atoms with E-state index in [0.29, 0.717) is 0 Å². The average Bonchev–Trinajstić information content (AvgIpc) is 2.99. The van der Waals surface area contributed by atoms with Crippen LogP contribution < -0.4 is 15.6 Å². The number of hydrogen-bond donors (Lipinski definition) is 2. The van der Waals surface area contributed by atoms with Crippen LogP contribution in [-0.2, 0) is 10.0 Å². The molecule has 1 amide bonds. The highest BCUT2D eigenvalue weighted by molar-refractivity contribution is 7.89. The summed E-state index contributed by atoms with van der Waals surface area (Å²) in [5.41, 5.74) is 4.90. The van der Waals surface area contributed by atoms with Gasteiger partial charge in [0.2, 0.25) is 10.0 Å². The van der Waals surface area contributed by atoms with Gasteiger partial charge >= 0.3 is 0 Å². The van der Waals surface area contributed by atoms with Gasteiger partial charge in [-0.2, -0.15) is 0 Å². The Morgan fingerprint density at radius 1 is 1.41 bits per heavy atom. The molecule has 0 aromatic carbocycles. The number of amides is 1. The molecule has 17 heavy (non-hydrogen) atoms. The Bertz CT molecular complexity index is 566. The van der Waals surface area contributed by atoms with Crippen molar-refractivity contribution in [3.8, 4) is 5.75 Å². The molecule has 0 atom stereocenters. The number of nitrogens with two attached hydrogens (primary N) is 2. The van der Waals surface area contributed by atoms with E-state index >= 15 is 0 Å². The van der Waals surface area contributed by atoms with Gasteiger partial charge in [-0.25, -0.2) is 13.6 Å². The van der Waals surface area contributed by atoms with E-state index < -0.39 is 20.8 Å². The number of carbonyl (C=O) groups excluding carboxylic acids is 1. The second-order valence-electron chi connectivity index (χ2n) is 3.74. The van der Waals surface area contributed by atoms with Gasteiger partial charge in [0.05, 0.1) is 12.3 Å². The number of sulfonamides is 1. The van der Waals surface area contributed by atoms with E-state index in [4.69, 9.17) is 15.6 Å². The largest absolute Gasteiger partial charge is 0.488 e. The highest BCUT2D eigenvalue weighted by atomic mass is 32.2. The van der Waals surface area contributed by atoms with Gasteiger partial charge in [0, 0.05) is 6.20 Å². The molecule has 1 aliphatic rings. The zero-order valence-electron chi connectivity index (χ0n) is 8.79. The molecule has 0 aliphatic heterocycles. The lowest BCUT2D eigenvalue weighted by Gasteiger charge is -2.10.